The first-order chi connectivity index (χ1) is 12.2. The maximum atomic E-state index is 12.1. The fraction of sp³-hybridized carbons (Fsp3) is 0.316. The molecule has 148 valence electrons. The average Bonchev–Trinajstić information content (AvgIpc) is 2.61. The molecule has 0 aromatic heterocycles. The van der Waals surface area contributed by atoms with E-state index in [9.17, 15) is 13.2 Å². The van der Waals surface area contributed by atoms with Crippen LogP contribution in [0.2, 0.25) is 0 Å². The highest BCUT2D eigenvalue weighted by atomic mass is 35.5. The SMILES string of the molecule is CCC(C)C(N)C(=O)Nc1ccc(Oc2cccc(S(C)(=O)=O)c2)cc1.Cl. The van der Waals surface area contributed by atoms with Gasteiger partial charge in [0.1, 0.15) is 11.5 Å². The van der Waals surface area contributed by atoms with Crippen LogP contribution in [-0.2, 0) is 14.6 Å². The maximum Gasteiger partial charge on any atom is 0.241 e. The monoisotopic (exact) mass is 412 g/mol. The number of hydrogen-bond donors (Lipinski definition) is 2. The number of rotatable bonds is 7. The number of anilines is 1. The lowest BCUT2D eigenvalue weighted by atomic mass is 9.99. The molecule has 0 heterocycles. The average molecular weight is 413 g/mol. The Morgan fingerprint density at radius 2 is 1.78 bits per heavy atom. The van der Waals surface area contributed by atoms with Crippen molar-refractivity contribution >= 4 is 33.8 Å². The van der Waals surface area contributed by atoms with Gasteiger partial charge in [-0.15, -0.1) is 12.4 Å². The van der Waals surface area contributed by atoms with E-state index in [2.05, 4.69) is 5.32 Å². The van der Waals surface area contributed by atoms with E-state index in [1.165, 1.54) is 12.1 Å². The van der Waals surface area contributed by atoms with Crippen LogP contribution in [0.1, 0.15) is 20.3 Å². The highest BCUT2D eigenvalue weighted by Gasteiger charge is 2.19. The Labute approximate surface area is 166 Å². The molecule has 0 aliphatic carbocycles. The fourth-order valence-electron chi connectivity index (χ4n) is 2.25. The van der Waals surface area contributed by atoms with Crippen molar-refractivity contribution in [3.63, 3.8) is 0 Å². The number of amides is 1. The zero-order valence-corrected chi connectivity index (χ0v) is 17.1. The summed E-state index contributed by atoms with van der Waals surface area (Å²) < 4.78 is 28.9. The van der Waals surface area contributed by atoms with E-state index in [0.29, 0.717) is 17.2 Å². The van der Waals surface area contributed by atoms with Gasteiger partial charge in [0.25, 0.3) is 0 Å². The third kappa shape index (κ3) is 6.53. The summed E-state index contributed by atoms with van der Waals surface area (Å²) in [6, 6.07) is 12.5. The predicted molar refractivity (Wildman–Crippen MR) is 109 cm³/mol. The fourth-order valence-corrected chi connectivity index (χ4v) is 2.90. The van der Waals surface area contributed by atoms with Crippen LogP contribution in [-0.4, -0.2) is 26.6 Å². The van der Waals surface area contributed by atoms with Crippen LogP contribution in [0, 0.1) is 5.92 Å². The third-order valence-corrected chi connectivity index (χ3v) is 5.26. The van der Waals surface area contributed by atoms with E-state index in [-0.39, 0.29) is 29.1 Å². The molecule has 0 radical (unpaired) electrons. The van der Waals surface area contributed by atoms with Crippen LogP contribution < -0.4 is 15.8 Å². The molecule has 2 aromatic rings. The zero-order chi connectivity index (χ0) is 19.3. The molecule has 0 fully saturated rings. The first kappa shape index (κ1) is 23.0. The number of sulfone groups is 1. The summed E-state index contributed by atoms with van der Waals surface area (Å²) in [6.07, 6.45) is 1.97. The van der Waals surface area contributed by atoms with E-state index in [4.69, 9.17) is 10.5 Å². The standard InChI is InChI=1S/C19H24N2O4S.ClH/c1-4-13(2)18(20)19(22)21-14-8-10-15(11-9-14)25-16-6-5-7-17(12-16)26(3,23)24;/h5-13,18H,4,20H2,1-3H3,(H,21,22);1H. The molecule has 2 aromatic carbocycles. The number of halogens is 1. The topological polar surface area (TPSA) is 98.5 Å². The largest absolute Gasteiger partial charge is 0.457 e. The highest BCUT2D eigenvalue weighted by Crippen LogP contribution is 2.25. The van der Waals surface area contributed by atoms with Crippen molar-refractivity contribution in [2.75, 3.05) is 11.6 Å². The number of ether oxygens (including phenoxy) is 1. The Balaban J connectivity index is 0.00000364. The molecule has 2 rings (SSSR count). The summed E-state index contributed by atoms with van der Waals surface area (Å²) in [5, 5.41) is 2.78. The molecule has 0 saturated heterocycles. The molecule has 0 spiro atoms. The summed E-state index contributed by atoms with van der Waals surface area (Å²) in [7, 11) is -3.29. The van der Waals surface area contributed by atoms with Gasteiger partial charge in [-0.25, -0.2) is 8.42 Å². The maximum absolute atomic E-state index is 12.1. The second-order valence-corrected chi connectivity index (χ2v) is 8.29. The van der Waals surface area contributed by atoms with Crippen molar-refractivity contribution < 1.29 is 17.9 Å². The van der Waals surface area contributed by atoms with E-state index in [0.717, 1.165) is 12.7 Å². The first-order valence-corrected chi connectivity index (χ1v) is 10.2. The predicted octanol–water partition coefficient (Wildman–Crippen LogP) is 3.62. The minimum atomic E-state index is -3.29. The van der Waals surface area contributed by atoms with Gasteiger partial charge >= 0.3 is 0 Å². The summed E-state index contributed by atoms with van der Waals surface area (Å²) in [5.41, 5.74) is 6.53. The normalized spacial score (nSPS) is 13.2. The van der Waals surface area contributed by atoms with Crippen LogP contribution in [0.25, 0.3) is 0 Å². The molecule has 1 amide bonds. The quantitative estimate of drug-likeness (QED) is 0.723. The number of nitrogens with one attached hydrogen (secondary N) is 1. The second-order valence-electron chi connectivity index (χ2n) is 6.27. The number of hydrogen-bond acceptors (Lipinski definition) is 5. The van der Waals surface area contributed by atoms with Gasteiger partial charge in [0.15, 0.2) is 9.84 Å². The molecular weight excluding hydrogens is 388 g/mol. The van der Waals surface area contributed by atoms with Gasteiger partial charge in [0.05, 0.1) is 10.9 Å². The van der Waals surface area contributed by atoms with Crippen LogP contribution >= 0.6 is 12.4 Å². The molecule has 2 atom stereocenters. The van der Waals surface area contributed by atoms with Gasteiger partial charge in [-0.1, -0.05) is 26.3 Å². The molecule has 27 heavy (non-hydrogen) atoms. The molecule has 3 N–H and O–H groups in total. The van der Waals surface area contributed by atoms with Gasteiger partial charge in [0.2, 0.25) is 5.91 Å². The van der Waals surface area contributed by atoms with Crippen LogP contribution in [0.3, 0.4) is 0 Å². The summed E-state index contributed by atoms with van der Waals surface area (Å²) in [5.74, 6) is 0.817. The van der Waals surface area contributed by atoms with Crippen molar-refractivity contribution in [3.8, 4) is 11.5 Å². The van der Waals surface area contributed by atoms with E-state index in [1.807, 2.05) is 13.8 Å². The van der Waals surface area contributed by atoms with E-state index >= 15 is 0 Å². The Morgan fingerprint density at radius 1 is 1.15 bits per heavy atom. The molecule has 2 unspecified atom stereocenters. The summed E-state index contributed by atoms with van der Waals surface area (Å²) in [6.45, 7) is 3.93. The van der Waals surface area contributed by atoms with Crippen molar-refractivity contribution in [2.24, 2.45) is 11.7 Å². The molecule has 6 nitrogen and oxygen atoms in total. The zero-order valence-electron chi connectivity index (χ0n) is 15.5. The summed E-state index contributed by atoms with van der Waals surface area (Å²) >= 11 is 0. The van der Waals surface area contributed by atoms with Crippen molar-refractivity contribution in [2.45, 2.75) is 31.2 Å². The van der Waals surface area contributed by atoms with Crippen molar-refractivity contribution in [3.05, 3.63) is 48.5 Å². The molecule has 8 heteroatoms. The molecule has 0 saturated carbocycles. The van der Waals surface area contributed by atoms with Gasteiger partial charge in [-0.05, 0) is 48.4 Å². The van der Waals surface area contributed by atoms with Crippen molar-refractivity contribution in [1.82, 2.24) is 0 Å². The van der Waals surface area contributed by atoms with Gasteiger partial charge < -0.3 is 15.8 Å². The minimum absolute atomic E-state index is 0. The molecule has 0 aliphatic rings. The lowest BCUT2D eigenvalue weighted by Crippen LogP contribution is -2.40. The number of carbonyl (C=O) groups is 1. The Hall–Kier alpha value is -2.09. The van der Waals surface area contributed by atoms with Gasteiger partial charge in [-0.2, -0.15) is 0 Å². The first-order valence-electron chi connectivity index (χ1n) is 8.35. The van der Waals surface area contributed by atoms with Crippen LogP contribution in [0.5, 0.6) is 11.5 Å². The molecule has 0 aliphatic heterocycles. The summed E-state index contributed by atoms with van der Waals surface area (Å²) in [4.78, 5) is 12.3. The van der Waals surface area contributed by atoms with Crippen LogP contribution in [0.15, 0.2) is 53.4 Å². The van der Waals surface area contributed by atoms with Gasteiger partial charge in [-0.3, -0.25) is 4.79 Å². The van der Waals surface area contributed by atoms with Gasteiger partial charge in [0, 0.05) is 11.9 Å². The lowest BCUT2D eigenvalue weighted by molar-refractivity contribution is -0.118. The van der Waals surface area contributed by atoms with E-state index < -0.39 is 15.9 Å². The smallest absolute Gasteiger partial charge is 0.241 e. The minimum Gasteiger partial charge on any atom is -0.457 e. The third-order valence-electron chi connectivity index (χ3n) is 4.15. The van der Waals surface area contributed by atoms with Crippen molar-refractivity contribution in [1.29, 1.82) is 0 Å². The Morgan fingerprint density at radius 3 is 2.33 bits per heavy atom. The lowest BCUT2D eigenvalue weighted by Gasteiger charge is -2.17. The number of benzene rings is 2. The Kier molecular flexibility index (Phi) is 8.27. The second kappa shape index (κ2) is 9.73. The highest BCUT2D eigenvalue weighted by molar-refractivity contribution is 7.90. The Bertz CT molecular complexity index is 870. The van der Waals surface area contributed by atoms with Crippen LogP contribution in [0.4, 0.5) is 5.69 Å². The molecular formula is C19H25ClN2O4S. The number of carbonyl (C=O) groups excluding carboxylic acids is 1. The number of nitrogens with two attached hydrogens (primary N) is 1. The molecule has 0 bridgehead atoms. The van der Waals surface area contributed by atoms with E-state index in [1.54, 1.807) is 36.4 Å².